The Bertz CT molecular complexity index is 276. The van der Waals surface area contributed by atoms with Gasteiger partial charge in [0.15, 0.2) is 0 Å². The molecule has 1 aromatic rings. The van der Waals surface area contributed by atoms with Gasteiger partial charge in [0.05, 0.1) is 5.56 Å². The molecule has 1 rings (SSSR count). The Hall–Kier alpha value is -0.913. The van der Waals surface area contributed by atoms with Crippen molar-refractivity contribution in [2.24, 2.45) is 0 Å². The highest BCUT2D eigenvalue weighted by atomic mass is 28.4. The van der Waals surface area contributed by atoms with Crippen molar-refractivity contribution in [2.45, 2.75) is 6.18 Å². The molecule has 0 aliphatic heterocycles. The van der Waals surface area contributed by atoms with E-state index < -0.39 is 21.2 Å². The Morgan fingerprint density at radius 3 is 1.69 bits per heavy atom. The van der Waals surface area contributed by atoms with Gasteiger partial charge in [0.1, 0.15) is 0 Å². The summed E-state index contributed by atoms with van der Waals surface area (Å²) in [7, 11) is -3.97. The second kappa shape index (κ2) is 3.45. The fourth-order valence-electron chi connectivity index (χ4n) is 0.818. The van der Waals surface area contributed by atoms with E-state index >= 15 is 0 Å². The predicted molar refractivity (Wildman–Crippen MR) is 40.4 cm³/mol. The lowest BCUT2D eigenvalue weighted by molar-refractivity contribution is -0.137. The van der Waals surface area contributed by atoms with E-state index in [9.17, 15) is 21.4 Å². The second-order valence-corrected chi connectivity index (χ2v) is 3.69. The molecule has 0 atom stereocenters. The molecule has 0 amide bonds. The Balaban J connectivity index is 2.94. The average molecular weight is 212 g/mol. The van der Waals surface area contributed by atoms with Gasteiger partial charge in [-0.15, -0.1) is 0 Å². The first-order valence-electron chi connectivity index (χ1n) is 3.36. The largest absolute Gasteiger partial charge is 0.441 e. The summed E-state index contributed by atoms with van der Waals surface area (Å²) >= 11 is 0. The first-order valence-corrected chi connectivity index (χ1v) is 4.81. The maximum absolute atomic E-state index is 12.1. The Morgan fingerprint density at radius 2 is 1.38 bits per heavy atom. The van der Waals surface area contributed by atoms with Crippen molar-refractivity contribution in [3.8, 4) is 0 Å². The summed E-state index contributed by atoms with van der Waals surface area (Å²) < 4.78 is 59.9. The minimum absolute atomic E-state index is 0.270. The molecule has 0 spiro atoms. The van der Waals surface area contributed by atoms with Gasteiger partial charge in [-0.05, 0) is 17.3 Å². The van der Waals surface area contributed by atoms with Crippen LogP contribution >= 0.6 is 0 Å². The van der Waals surface area contributed by atoms with Crippen LogP contribution in [0.1, 0.15) is 5.56 Å². The SMILES string of the molecule is F[SiH](F)c1ccc(C(F)(F)F)cc1. The summed E-state index contributed by atoms with van der Waals surface area (Å²) in [4.78, 5) is 0. The Kier molecular flexibility index (Phi) is 2.70. The zero-order valence-electron chi connectivity index (χ0n) is 6.28. The van der Waals surface area contributed by atoms with E-state index in [4.69, 9.17) is 0 Å². The lowest BCUT2D eigenvalue weighted by atomic mass is 10.2. The van der Waals surface area contributed by atoms with Crippen molar-refractivity contribution in [2.75, 3.05) is 0 Å². The van der Waals surface area contributed by atoms with Crippen molar-refractivity contribution in [1.82, 2.24) is 0 Å². The number of hydrogen-bond acceptors (Lipinski definition) is 0. The van der Waals surface area contributed by atoms with Crippen LogP contribution in [0.3, 0.4) is 0 Å². The van der Waals surface area contributed by atoms with Crippen LogP contribution in [-0.4, -0.2) is 9.46 Å². The van der Waals surface area contributed by atoms with Gasteiger partial charge in [-0.2, -0.15) is 13.2 Å². The highest BCUT2D eigenvalue weighted by molar-refractivity contribution is 6.59. The van der Waals surface area contributed by atoms with Crippen molar-refractivity contribution >= 4 is 14.7 Å². The van der Waals surface area contributed by atoms with Crippen molar-refractivity contribution in [3.63, 3.8) is 0 Å². The zero-order chi connectivity index (χ0) is 10.1. The van der Waals surface area contributed by atoms with Crippen LogP contribution in [0.25, 0.3) is 0 Å². The number of benzene rings is 1. The summed E-state index contributed by atoms with van der Waals surface area (Å²) in [5.41, 5.74) is -0.897. The molecule has 0 heterocycles. The lowest BCUT2D eigenvalue weighted by Crippen LogP contribution is -2.20. The molecule has 0 fully saturated rings. The monoisotopic (exact) mass is 212 g/mol. The molecular formula is C7H5F5Si. The normalized spacial score (nSPS) is 12.2. The third-order valence-corrected chi connectivity index (χ3v) is 2.38. The van der Waals surface area contributed by atoms with Gasteiger partial charge in [-0.1, -0.05) is 12.1 Å². The highest BCUT2D eigenvalue weighted by Gasteiger charge is 2.30. The van der Waals surface area contributed by atoms with Crippen LogP contribution in [-0.2, 0) is 6.18 Å². The molecule has 0 nitrogen and oxygen atoms in total. The molecule has 0 bridgehead atoms. The smallest absolute Gasteiger partial charge is 0.269 e. The van der Waals surface area contributed by atoms with E-state index in [1.165, 1.54) is 0 Å². The van der Waals surface area contributed by atoms with Crippen LogP contribution in [0.15, 0.2) is 24.3 Å². The number of alkyl halides is 3. The van der Waals surface area contributed by atoms with E-state index in [1.54, 1.807) is 0 Å². The van der Waals surface area contributed by atoms with Crippen molar-refractivity contribution in [1.29, 1.82) is 0 Å². The molecule has 0 aromatic heterocycles. The summed E-state index contributed by atoms with van der Waals surface area (Å²) in [6, 6.07) is 3.02. The lowest BCUT2D eigenvalue weighted by Gasteiger charge is -2.06. The first-order chi connectivity index (χ1) is 5.91. The minimum atomic E-state index is -4.46. The summed E-state index contributed by atoms with van der Waals surface area (Å²) in [5.74, 6) is 0. The Morgan fingerprint density at radius 1 is 0.923 bits per heavy atom. The van der Waals surface area contributed by atoms with Gasteiger partial charge in [0.2, 0.25) is 0 Å². The molecule has 0 unspecified atom stereocenters. The molecule has 0 saturated carbocycles. The van der Waals surface area contributed by atoms with Gasteiger partial charge in [0.25, 0.3) is 0 Å². The third-order valence-electron chi connectivity index (χ3n) is 1.49. The van der Waals surface area contributed by atoms with Crippen molar-refractivity contribution < 1.29 is 21.4 Å². The molecule has 0 radical (unpaired) electrons. The standard InChI is InChI=1S/C7H5F5Si/c8-7(9,10)5-1-3-6(4-2-5)13(11)12/h1-4,13H. The molecule has 0 N–H and O–H groups in total. The van der Waals surface area contributed by atoms with Crippen LogP contribution < -0.4 is 5.19 Å². The number of rotatable bonds is 1. The van der Waals surface area contributed by atoms with E-state index in [2.05, 4.69) is 0 Å². The molecular weight excluding hydrogens is 207 g/mol. The van der Waals surface area contributed by atoms with Gasteiger partial charge in [-0.25, -0.2) is 0 Å². The molecule has 13 heavy (non-hydrogen) atoms. The van der Waals surface area contributed by atoms with E-state index in [-0.39, 0.29) is 5.19 Å². The van der Waals surface area contributed by atoms with Crippen LogP contribution in [0, 0.1) is 0 Å². The van der Waals surface area contributed by atoms with E-state index in [0.29, 0.717) is 12.1 Å². The Labute approximate surface area is 73.0 Å². The van der Waals surface area contributed by atoms with Crippen molar-refractivity contribution in [3.05, 3.63) is 29.8 Å². The van der Waals surface area contributed by atoms with E-state index in [0.717, 1.165) is 12.1 Å². The fourth-order valence-corrected chi connectivity index (χ4v) is 1.30. The van der Waals surface area contributed by atoms with Gasteiger partial charge < -0.3 is 0 Å². The highest BCUT2D eigenvalue weighted by Crippen LogP contribution is 2.28. The average Bonchev–Trinajstić information content (AvgIpc) is 2.03. The maximum atomic E-state index is 12.1. The molecule has 0 aliphatic carbocycles. The van der Waals surface area contributed by atoms with Crippen LogP contribution in [0.5, 0.6) is 0 Å². The summed E-state index contributed by atoms with van der Waals surface area (Å²) in [6.07, 6.45) is -4.46. The topological polar surface area (TPSA) is 0 Å². The van der Waals surface area contributed by atoms with Gasteiger partial charge in [0, 0.05) is 0 Å². The molecule has 6 heteroatoms. The minimum Gasteiger partial charge on any atom is -0.269 e. The second-order valence-electron chi connectivity index (χ2n) is 2.42. The first kappa shape index (κ1) is 10.2. The van der Waals surface area contributed by atoms with Crippen LogP contribution in [0.2, 0.25) is 0 Å². The molecule has 72 valence electrons. The maximum Gasteiger partial charge on any atom is 0.441 e. The van der Waals surface area contributed by atoms with Crippen LogP contribution in [0.4, 0.5) is 21.4 Å². The quantitative estimate of drug-likeness (QED) is 0.380. The summed E-state index contributed by atoms with van der Waals surface area (Å²) in [6.45, 7) is 0. The molecule has 0 saturated heterocycles. The van der Waals surface area contributed by atoms with Gasteiger partial charge in [-0.3, -0.25) is 8.22 Å². The van der Waals surface area contributed by atoms with Gasteiger partial charge >= 0.3 is 15.6 Å². The fraction of sp³-hybridized carbons (Fsp3) is 0.143. The molecule has 0 aliphatic rings. The predicted octanol–water partition coefficient (Wildman–Crippen LogP) is 2.07. The number of halogens is 5. The zero-order valence-corrected chi connectivity index (χ0v) is 7.43. The van der Waals surface area contributed by atoms with E-state index in [1.807, 2.05) is 0 Å². The number of hydrogen-bond donors (Lipinski definition) is 0. The third kappa shape index (κ3) is 2.51. The molecule has 1 aromatic carbocycles. The summed E-state index contributed by atoms with van der Waals surface area (Å²) in [5, 5.41) is -0.270.